The molecule has 0 aromatic carbocycles. The van der Waals surface area contributed by atoms with Crippen molar-refractivity contribution in [1.82, 2.24) is 14.9 Å². The van der Waals surface area contributed by atoms with Gasteiger partial charge < -0.3 is 10.2 Å². The van der Waals surface area contributed by atoms with Gasteiger partial charge in [-0.3, -0.25) is 9.69 Å². The molecule has 1 fully saturated rings. The van der Waals surface area contributed by atoms with Crippen LogP contribution in [0.5, 0.6) is 0 Å². The molecular weight excluding hydrogens is 427 g/mol. The van der Waals surface area contributed by atoms with E-state index in [0.29, 0.717) is 5.02 Å². The predicted molar refractivity (Wildman–Crippen MR) is 106 cm³/mol. The Balaban J connectivity index is 1.81. The average molecular weight is 444 g/mol. The Labute approximate surface area is 175 Å². The number of halogens is 4. The van der Waals surface area contributed by atoms with Gasteiger partial charge in [-0.05, 0) is 24.6 Å². The monoisotopic (exact) mass is 443 g/mol. The third-order valence-electron chi connectivity index (χ3n) is 4.40. The number of nitrogens with one attached hydrogen (secondary N) is 1. The predicted octanol–water partition coefficient (Wildman–Crippen LogP) is 3.92. The minimum Gasteiger partial charge on any atom is -0.309 e. The lowest BCUT2D eigenvalue weighted by molar-refractivity contribution is -0.117. The van der Waals surface area contributed by atoms with Crippen molar-refractivity contribution < 1.29 is 18.4 Å². The van der Waals surface area contributed by atoms with Crippen LogP contribution in [-0.4, -0.2) is 52.1 Å². The number of carbonyl (C=O) groups is 2. The molecule has 0 saturated carbocycles. The fourth-order valence-corrected chi connectivity index (χ4v) is 3.32. The van der Waals surface area contributed by atoms with Crippen molar-refractivity contribution in [2.24, 2.45) is 0 Å². The number of hydrogen-bond donors (Lipinski definition) is 1. The second kappa shape index (κ2) is 8.87. The van der Waals surface area contributed by atoms with Gasteiger partial charge in [0.2, 0.25) is 5.91 Å². The molecule has 7 nitrogen and oxygen atoms in total. The molecular formula is C18H17Cl2F2N5O2. The molecule has 1 N–H and O–H groups in total. The molecule has 2 aromatic heterocycles. The molecule has 11 heteroatoms. The van der Waals surface area contributed by atoms with E-state index in [0.717, 1.165) is 15.9 Å². The molecule has 1 saturated heterocycles. The average Bonchev–Trinajstić information content (AvgIpc) is 2.97. The zero-order valence-electron chi connectivity index (χ0n) is 15.3. The van der Waals surface area contributed by atoms with Gasteiger partial charge in [-0.15, -0.1) is 0 Å². The highest BCUT2D eigenvalue weighted by atomic mass is 35.5. The zero-order chi connectivity index (χ0) is 21.1. The van der Waals surface area contributed by atoms with Crippen molar-refractivity contribution >= 4 is 46.8 Å². The van der Waals surface area contributed by atoms with Crippen LogP contribution in [0.25, 0.3) is 0 Å². The van der Waals surface area contributed by atoms with Crippen LogP contribution < -0.4 is 10.2 Å². The molecule has 0 bridgehead atoms. The fraction of sp³-hybridized carbons (Fsp3) is 0.333. The highest BCUT2D eigenvalue weighted by Gasteiger charge is 2.44. The van der Waals surface area contributed by atoms with E-state index in [1.165, 1.54) is 24.5 Å². The number of carbonyl (C=O) groups excluding carboxylic acids is 2. The number of amides is 3. The minimum atomic E-state index is -1.41. The lowest BCUT2D eigenvalue weighted by atomic mass is 10.1. The lowest BCUT2D eigenvalue weighted by Gasteiger charge is -2.24. The number of hydrogen-bond acceptors (Lipinski definition) is 4. The van der Waals surface area contributed by atoms with Crippen LogP contribution >= 0.6 is 23.2 Å². The summed E-state index contributed by atoms with van der Waals surface area (Å²) in [7, 11) is 0. The standard InChI is InChI=1S/C18H17Cl2F2N5O2/c1-2-12(21)14-8-27(17-13(22)5-11(20)7-24-17)18(29)26(14)9-16(28)25-15-6-10(19)3-4-23-15/h3-7,12,14H,2,8-9H2,1H3,(H,23,25,28)/t12-,14+/m0/s1. The van der Waals surface area contributed by atoms with Crippen LogP contribution in [0.3, 0.4) is 0 Å². The van der Waals surface area contributed by atoms with Gasteiger partial charge >= 0.3 is 6.03 Å². The van der Waals surface area contributed by atoms with E-state index in [1.54, 1.807) is 6.92 Å². The Hall–Kier alpha value is -2.52. The van der Waals surface area contributed by atoms with Crippen molar-refractivity contribution in [2.75, 3.05) is 23.3 Å². The first-order valence-corrected chi connectivity index (χ1v) is 9.50. The van der Waals surface area contributed by atoms with Gasteiger partial charge in [0.25, 0.3) is 0 Å². The first kappa shape index (κ1) is 21.2. The first-order chi connectivity index (χ1) is 13.8. The molecule has 2 atom stereocenters. The lowest BCUT2D eigenvalue weighted by Crippen LogP contribution is -2.44. The van der Waals surface area contributed by atoms with Crippen LogP contribution in [0, 0.1) is 5.82 Å². The molecule has 3 heterocycles. The maximum atomic E-state index is 14.5. The maximum Gasteiger partial charge on any atom is 0.326 e. The summed E-state index contributed by atoms with van der Waals surface area (Å²) in [5.74, 6) is -1.48. The van der Waals surface area contributed by atoms with Gasteiger partial charge in [0, 0.05) is 17.4 Å². The van der Waals surface area contributed by atoms with E-state index >= 15 is 0 Å². The van der Waals surface area contributed by atoms with Gasteiger partial charge in [0.05, 0.1) is 17.6 Å². The van der Waals surface area contributed by atoms with Gasteiger partial charge in [-0.2, -0.15) is 0 Å². The van der Waals surface area contributed by atoms with Gasteiger partial charge in [0.1, 0.15) is 18.5 Å². The third-order valence-corrected chi connectivity index (χ3v) is 4.84. The minimum absolute atomic E-state index is 0.0663. The van der Waals surface area contributed by atoms with Crippen LogP contribution in [0.1, 0.15) is 13.3 Å². The number of aromatic nitrogens is 2. The molecule has 3 amide bonds. The van der Waals surface area contributed by atoms with E-state index < -0.39 is 36.5 Å². The van der Waals surface area contributed by atoms with Crippen molar-refractivity contribution in [1.29, 1.82) is 0 Å². The molecule has 0 aliphatic carbocycles. The number of pyridine rings is 2. The SMILES string of the molecule is CC[C@H](F)[C@H]1CN(c2ncc(Cl)cc2F)C(=O)N1CC(=O)Nc1cc(Cl)ccn1. The highest BCUT2D eigenvalue weighted by Crippen LogP contribution is 2.29. The summed E-state index contributed by atoms with van der Waals surface area (Å²) in [6, 6.07) is 2.32. The van der Waals surface area contributed by atoms with Crippen molar-refractivity contribution in [3.8, 4) is 0 Å². The van der Waals surface area contributed by atoms with Crippen LogP contribution in [-0.2, 0) is 4.79 Å². The molecule has 0 spiro atoms. The summed E-state index contributed by atoms with van der Waals surface area (Å²) in [4.78, 5) is 35.1. The van der Waals surface area contributed by atoms with E-state index in [2.05, 4.69) is 15.3 Å². The van der Waals surface area contributed by atoms with E-state index in [4.69, 9.17) is 23.2 Å². The molecule has 2 aromatic rings. The van der Waals surface area contributed by atoms with Crippen LogP contribution in [0.4, 0.5) is 25.2 Å². The second-order valence-corrected chi connectivity index (χ2v) is 7.25. The summed E-state index contributed by atoms with van der Waals surface area (Å²) in [6.07, 6.45) is 1.31. The summed E-state index contributed by atoms with van der Waals surface area (Å²) < 4.78 is 28.8. The molecule has 0 radical (unpaired) electrons. The van der Waals surface area contributed by atoms with Crippen molar-refractivity contribution in [3.63, 3.8) is 0 Å². The third kappa shape index (κ3) is 4.73. The largest absolute Gasteiger partial charge is 0.326 e. The van der Waals surface area contributed by atoms with Crippen LogP contribution in [0.15, 0.2) is 30.6 Å². The fourth-order valence-electron chi connectivity index (χ4n) is 3.02. The maximum absolute atomic E-state index is 14.5. The molecule has 29 heavy (non-hydrogen) atoms. The Morgan fingerprint density at radius 1 is 1.34 bits per heavy atom. The molecule has 0 unspecified atom stereocenters. The zero-order valence-corrected chi connectivity index (χ0v) is 16.8. The van der Waals surface area contributed by atoms with Gasteiger partial charge in [-0.25, -0.2) is 23.5 Å². The number of anilines is 2. The summed E-state index contributed by atoms with van der Waals surface area (Å²) in [5, 5.41) is 2.94. The normalized spacial score (nSPS) is 17.6. The molecule has 154 valence electrons. The topological polar surface area (TPSA) is 78.4 Å². The molecule has 1 aliphatic rings. The smallest absolute Gasteiger partial charge is 0.309 e. The number of nitrogens with zero attached hydrogens (tertiary/aromatic N) is 4. The van der Waals surface area contributed by atoms with Gasteiger partial charge in [0.15, 0.2) is 11.6 Å². The summed E-state index contributed by atoms with van der Waals surface area (Å²) in [5.41, 5.74) is 0. The second-order valence-electron chi connectivity index (χ2n) is 6.38. The molecule has 1 aliphatic heterocycles. The van der Waals surface area contributed by atoms with Crippen molar-refractivity contribution in [3.05, 3.63) is 46.5 Å². The van der Waals surface area contributed by atoms with E-state index in [-0.39, 0.29) is 29.6 Å². The number of rotatable bonds is 6. The number of urea groups is 1. The first-order valence-electron chi connectivity index (χ1n) is 8.74. The van der Waals surface area contributed by atoms with Crippen molar-refractivity contribution in [2.45, 2.75) is 25.6 Å². The quantitative estimate of drug-likeness (QED) is 0.733. The Kier molecular flexibility index (Phi) is 6.49. The van der Waals surface area contributed by atoms with E-state index in [1.807, 2.05) is 0 Å². The highest BCUT2D eigenvalue weighted by molar-refractivity contribution is 6.31. The summed E-state index contributed by atoms with van der Waals surface area (Å²) in [6.45, 7) is 1.03. The Bertz CT molecular complexity index is 933. The summed E-state index contributed by atoms with van der Waals surface area (Å²) >= 11 is 11.6. The Morgan fingerprint density at radius 3 is 2.76 bits per heavy atom. The van der Waals surface area contributed by atoms with E-state index in [9.17, 15) is 18.4 Å². The molecule has 3 rings (SSSR count). The Morgan fingerprint density at radius 2 is 2.10 bits per heavy atom. The number of alkyl halides is 1. The van der Waals surface area contributed by atoms with Gasteiger partial charge in [-0.1, -0.05) is 30.1 Å². The van der Waals surface area contributed by atoms with Crippen LogP contribution in [0.2, 0.25) is 10.0 Å².